The molecule has 2 atom stereocenters. The molecule has 0 bridgehead atoms. The third-order valence-corrected chi connectivity index (χ3v) is 3.58. The number of hydrogen-bond donors (Lipinski definition) is 4. The van der Waals surface area contributed by atoms with Gasteiger partial charge in [-0.15, -0.1) is 0 Å². The van der Waals surface area contributed by atoms with E-state index in [9.17, 15) is 14.4 Å². The van der Waals surface area contributed by atoms with Gasteiger partial charge in [0.15, 0.2) is 0 Å². The molecule has 1 aliphatic carbocycles. The Labute approximate surface area is 107 Å². The van der Waals surface area contributed by atoms with E-state index in [0.29, 0.717) is 0 Å². The maximum Gasteiger partial charge on any atom is 0.394 e. The molecule has 96 valence electrons. The number of carbonyl (C=O) groups excluding carboxylic acids is 2. The Morgan fingerprint density at radius 3 is 2.89 bits per heavy atom. The van der Waals surface area contributed by atoms with Crippen LogP contribution < -0.4 is 16.0 Å². The number of allylic oxidation sites excluding steroid dienone is 2. The predicted octanol–water partition coefficient (Wildman–Crippen LogP) is -0.271. The standard InChI is InChI=1S/C10H11N3O4S/c14-7(8(15)16)12-9(17)13-10-11-5-3-1-2-4-6(5)18-10/h1-2,4-5,10-11H,3H2,(H,15,16)(H2,12,13,14,17). The minimum Gasteiger partial charge on any atom is -0.474 e. The topological polar surface area (TPSA) is 108 Å². The Hall–Kier alpha value is -1.80. The number of carbonyl (C=O) groups is 3. The fraction of sp³-hybridized carbons (Fsp3) is 0.300. The van der Waals surface area contributed by atoms with Crippen LogP contribution in [0.25, 0.3) is 0 Å². The third-order valence-electron chi connectivity index (χ3n) is 2.40. The Morgan fingerprint density at radius 1 is 1.44 bits per heavy atom. The van der Waals surface area contributed by atoms with E-state index in [0.717, 1.165) is 11.3 Å². The first-order valence-electron chi connectivity index (χ1n) is 5.20. The summed E-state index contributed by atoms with van der Waals surface area (Å²) in [5.74, 6) is -3.05. The monoisotopic (exact) mass is 269 g/mol. The summed E-state index contributed by atoms with van der Waals surface area (Å²) in [4.78, 5) is 33.4. The van der Waals surface area contributed by atoms with Gasteiger partial charge in [0, 0.05) is 10.9 Å². The lowest BCUT2D eigenvalue weighted by Crippen LogP contribution is -2.49. The molecule has 2 unspecified atom stereocenters. The van der Waals surface area contributed by atoms with E-state index in [-0.39, 0.29) is 11.5 Å². The van der Waals surface area contributed by atoms with Crippen LogP contribution in [0.3, 0.4) is 0 Å². The lowest BCUT2D eigenvalue weighted by atomic mass is 10.1. The molecule has 0 spiro atoms. The predicted molar refractivity (Wildman–Crippen MR) is 64.5 cm³/mol. The highest BCUT2D eigenvalue weighted by atomic mass is 32.2. The first-order valence-corrected chi connectivity index (χ1v) is 6.08. The van der Waals surface area contributed by atoms with Crippen molar-refractivity contribution in [2.75, 3.05) is 0 Å². The van der Waals surface area contributed by atoms with Crippen molar-refractivity contribution >= 4 is 29.7 Å². The normalized spacial score (nSPS) is 25.0. The van der Waals surface area contributed by atoms with Crippen LogP contribution in [0.2, 0.25) is 0 Å². The fourth-order valence-corrected chi connectivity index (χ4v) is 2.77. The molecule has 4 N–H and O–H groups in total. The van der Waals surface area contributed by atoms with E-state index in [1.54, 1.807) is 5.32 Å². The Bertz CT molecular complexity index is 460. The van der Waals surface area contributed by atoms with E-state index < -0.39 is 17.9 Å². The minimum atomic E-state index is -1.70. The molecule has 1 aliphatic heterocycles. The molecule has 1 heterocycles. The van der Waals surface area contributed by atoms with Crippen LogP contribution in [-0.4, -0.2) is 34.6 Å². The largest absolute Gasteiger partial charge is 0.474 e. The number of aliphatic carboxylic acids is 1. The molecule has 0 aromatic rings. The first-order chi connectivity index (χ1) is 8.56. The molecule has 3 amide bonds. The van der Waals surface area contributed by atoms with Gasteiger partial charge in [0.1, 0.15) is 5.50 Å². The van der Waals surface area contributed by atoms with Crippen molar-refractivity contribution in [1.29, 1.82) is 0 Å². The number of hydrogen-bond acceptors (Lipinski definition) is 5. The molecule has 2 aliphatic rings. The van der Waals surface area contributed by atoms with Crippen LogP contribution in [0.1, 0.15) is 6.42 Å². The second kappa shape index (κ2) is 5.23. The number of imide groups is 1. The van der Waals surface area contributed by atoms with Crippen LogP contribution in [0.15, 0.2) is 23.1 Å². The Balaban J connectivity index is 1.83. The SMILES string of the molecule is O=C(NC(=O)C(=O)O)NC1NC2CC=CC=C2S1. The van der Waals surface area contributed by atoms with Gasteiger partial charge < -0.3 is 10.4 Å². The molecule has 1 fully saturated rings. The average molecular weight is 269 g/mol. The fourth-order valence-electron chi connectivity index (χ4n) is 1.62. The number of urea groups is 1. The van der Waals surface area contributed by atoms with Crippen molar-refractivity contribution in [1.82, 2.24) is 16.0 Å². The van der Waals surface area contributed by atoms with Crippen molar-refractivity contribution in [2.45, 2.75) is 18.0 Å². The number of thioether (sulfide) groups is 1. The van der Waals surface area contributed by atoms with E-state index >= 15 is 0 Å². The highest BCUT2D eigenvalue weighted by molar-refractivity contribution is 8.04. The molecule has 0 aromatic heterocycles. The number of nitrogens with one attached hydrogen (secondary N) is 3. The number of fused-ring (bicyclic) bond motifs is 1. The van der Waals surface area contributed by atoms with Crippen LogP contribution in [0, 0.1) is 0 Å². The van der Waals surface area contributed by atoms with Gasteiger partial charge in [0.25, 0.3) is 0 Å². The highest BCUT2D eigenvalue weighted by Gasteiger charge is 2.30. The summed E-state index contributed by atoms with van der Waals surface area (Å²) in [5, 5.41) is 15.6. The molecule has 0 aromatic carbocycles. The first kappa shape index (κ1) is 12.7. The van der Waals surface area contributed by atoms with Crippen molar-refractivity contribution in [3.8, 4) is 0 Å². The van der Waals surface area contributed by atoms with Gasteiger partial charge in [-0.05, 0) is 6.42 Å². The molecule has 0 saturated carbocycles. The summed E-state index contributed by atoms with van der Waals surface area (Å²) in [6.45, 7) is 0. The maximum atomic E-state index is 11.3. The van der Waals surface area contributed by atoms with Gasteiger partial charge in [0.05, 0.1) is 0 Å². The van der Waals surface area contributed by atoms with Gasteiger partial charge in [-0.3, -0.25) is 15.4 Å². The van der Waals surface area contributed by atoms with Gasteiger partial charge in [-0.1, -0.05) is 30.0 Å². The quantitative estimate of drug-likeness (QED) is 0.488. The van der Waals surface area contributed by atoms with Crippen molar-refractivity contribution in [2.24, 2.45) is 0 Å². The van der Waals surface area contributed by atoms with Gasteiger partial charge in [-0.25, -0.2) is 9.59 Å². The molecular weight excluding hydrogens is 258 g/mol. The zero-order valence-corrected chi connectivity index (χ0v) is 9.99. The van der Waals surface area contributed by atoms with Gasteiger partial charge >= 0.3 is 17.9 Å². The Kier molecular flexibility index (Phi) is 3.68. The third kappa shape index (κ3) is 2.90. The lowest BCUT2D eigenvalue weighted by molar-refractivity contribution is -0.149. The molecule has 2 rings (SSSR count). The van der Waals surface area contributed by atoms with E-state index in [1.165, 1.54) is 11.8 Å². The van der Waals surface area contributed by atoms with Crippen LogP contribution in [-0.2, 0) is 9.59 Å². The van der Waals surface area contributed by atoms with Gasteiger partial charge in [0.2, 0.25) is 0 Å². The number of carboxylic acids is 1. The van der Waals surface area contributed by atoms with Crippen molar-refractivity contribution in [3.05, 3.63) is 23.1 Å². The summed E-state index contributed by atoms with van der Waals surface area (Å²) in [5.41, 5.74) is -0.372. The second-order valence-electron chi connectivity index (χ2n) is 3.68. The van der Waals surface area contributed by atoms with Crippen LogP contribution >= 0.6 is 11.8 Å². The summed E-state index contributed by atoms with van der Waals surface area (Å²) >= 11 is 1.43. The summed E-state index contributed by atoms with van der Waals surface area (Å²) in [6.07, 6.45) is 6.75. The molecule has 0 radical (unpaired) electrons. The summed E-state index contributed by atoms with van der Waals surface area (Å²) in [7, 11) is 0. The number of carboxylic acid groups (broad SMARTS) is 1. The minimum absolute atomic E-state index is 0.167. The van der Waals surface area contributed by atoms with Crippen LogP contribution in [0.4, 0.5) is 4.79 Å². The smallest absolute Gasteiger partial charge is 0.394 e. The molecule has 18 heavy (non-hydrogen) atoms. The molecule has 8 heteroatoms. The zero-order valence-electron chi connectivity index (χ0n) is 9.17. The number of rotatable bonds is 1. The Morgan fingerprint density at radius 2 is 2.22 bits per heavy atom. The molecule has 1 saturated heterocycles. The van der Waals surface area contributed by atoms with Crippen molar-refractivity contribution in [3.63, 3.8) is 0 Å². The molecule has 7 nitrogen and oxygen atoms in total. The lowest BCUT2D eigenvalue weighted by Gasteiger charge is -2.13. The highest BCUT2D eigenvalue weighted by Crippen LogP contribution is 2.33. The average Bonchev–Trinajstić information content (AvgIpc) is 2.70. The van der Waals surface area contributed by atoms with Crippen molar-refractivity contribution < 1.29 is 19.5 Å². The molecular formula is C10H11N3O4S. The maximum absolute atomic E-state index is 11.3. The van der Waals surface area contributed by atoms with E-state index in [2.05, 4.69) is 10.6 Å². The van der Waals surface area contributed by atoms with Crippen LogP contribution in [0.5, 0.6) is 0 Å². The van der Waals surface area contributed by atoms with Gasteiger partial charge in [-0.2, -0.15) is 0 Å². The second-order valence-corrected chi connectivity index (χ2v) is 4.86. The summed E-state index contributed by atoms with van der Waals surface area (Å²) in [6, 6.07) is -0.667. The van der Waals surface area contributed by atoms with E-state index in [4.69, 9.17) is 5.11 Å². The summed E-state index contributed by atoms with van der Waals surface area (Å²) < 4.78 is 0. The number of amides is 3. The zero-order chi connectivity index (χ0) is 13.1. The van der Waals surface area contributed by atoms with E-state index in [1.807, 2.05) is 18.2 Å².